The van der Waals surface area contributed by atoms with Gasteiger partial charge in [-0.1, -0.05) is 30.3 Å². The summed E-state index contributed by atoms with van der Waals surface area (Å²) in [6, 6.07) is 10.5. The number of benzene rings is 1. The Labute approximate surface area is 134 Å². The van der Waals surface area contributed by atoms with E-state index in [1.54, 1.807) is 0 Å². The van der Waals surface area contributed by atoms with Crippen LogP contribution >= 0.6 is 11.3 Å². The maximum absolute atomic E-state index is 11.7. The van der Waals surface area contributed by atoms with Crippen LogP contribution < -0.4 is 11.5 Å². The summed E-state index contributed by atoms with van der Waals surface area (Å²) in [6.45, 7) is 0. The van der Waals surface area contributed by atoms with E-state index in [1.807, 2.05) is 6.07 Å². The third-order valence-corrected chi connectivity index (χ3v) is 5.83. The molecule has 3 rings (SSSR count). The number of hydrogen-bond donors (Lipinski definition) is 2. The van der Waals surface area contributed by atoms with Gasteiger partial charge in [-0.05, 0) is 38.1 Å². The predicted octanol–water partition coefficient (Wildman–Crippen LogP) is 2.38. The number of anilines is 1. The molecule has 0 saturated carbocycles. The predicted molar refractivity (Wildman–Crippen MR) is 91.1 cm³/mol. The normalized spacial score (nSPS) is 20.9. The Morgan fingerprint density at radius 2 is 1.95 bits per heavy atom. The van der Waals surface area contributed by atoms with Crippen LogP contribution in [0.4, 0.5) is 5.00 Å². The molecular weight excluding hydrogens is 294 g/mol. The second-order valence-electron chi connectivity index (χ2n) is 6.08. The first-order valence-electron chi connectivity index (χ1n) is 7.38. The summed E-state index contributed by atoms with van der Waals surface area (Å²) in [7, 11) is 4.23. The number of hydrogen-bond acceptors (Lipinski definition) is 4. The van der Waals surface area contributed by atoms with E-state index in [2.05, 4.69) is 43.3 Å². The molecule has 0 saturated heterocycles. The molecule has 1 unspecified atom stereocenters. The van der Waals surface area contributed by atoms with Crippen LogP contribution in [0.1, 0.15) is 32.8 Å². The molecule has 1 aliphatic rings. The molecule has 1 aliphatic carbocycles. The van der Waals surface area contributed by atoms with Gasteiger partial charge >= 0.3 is 0 Å². The number of amides is 1. The summed E-state index contributed by atoms with van der Waals surface area (Å²) in [5, 5.41) is 0.556. The third-order valence-electron chi connectivity index (χ3n) is 4.77. The molecule has 0 fully saturated rings. The largest absolute Gasteiger partial charge is 0.390 e. The molecule has 1 aromatic carbocycles. The summed E-state index contributed by atoms with van der Waals surface area (Å²) in [5.41, 5.74) is 14.4. The van der Waals surface area contributed by atoms with Gasteiger partial charge in [-0.25, -0.2) is 0 Å². The number of nitrogens with two attached hydrogens (primary N) is 2. The lowest BCUT2D eigenvalue weighted by molar-refractivity contribution is 0.0997. The fourth-order valence-corrected chi connectivity index (χ4v) is 4.76. The van der Waals surface area contributed by atoms with Crippen molar-refractivity contribution in [2.75, 3.05) is 19.8 Å². The summed E-state index contributed by atoms with van der Waals surface area (Å²) in [4.78, 5) is 15.1. The van der Waals surface area contributed by atoms with Gasteiger partial charge in [0.2, 0.25) is 0 Å². The fraction of sp³-hybridized carbons (Fsp3) is 0.353. The van der Waals surface area contributed by atoms with Gasteiger partial charge in [0.1, 0.15) is 0 Å². The molecule has 4 N–H and O–H groups in total. The van der Waals surface area contributed by atoms with Crippen LogP contribution in [0.3, 0.4) is 0 Å². The second-order valence-corrected chi connectivity index (χ2v) is 7.21. The average Bonchev–Trinajstić information content (AvgIpc) is 2.82. The number of carbonyl (C=O) groups excluding carboxylic acids is 1. The zero-order valence-corrected chi connectivity index (χ0v) is 13.7. The first-order valence-corrected chi connectivity index (χ1v) is 8.20. The number of nitrogens with zero attached hydrogens (tertiary/aromatic N) is 1. The number of rotatable bonds is 3. The van der Waals surface area contributed by atoms with Crippen molar-refractivity contribution in [3.63, 3.8) is 0 Å². The number of thiophene rings is 1. The molecule has 5 heteroatoms. The van der Waals surface area contributed by atoms with Gasteiger partial charge in [-0.2, -0.15) is 0 Å². The van der Waals surface area contributed by atoms with E-state index in [-0.39, 0.29) is 5.54 Å². The molecule has 1 aromatic heterocycles. The Morgan fingerprint density at radius 1 is 1.27 bits per heavy atom. The Morgan fingerprint density at radius 3 is 2.55 bits per heavy atom. The number of likely N-dealkylation sites (N-methyl/N-ethyl adjacent to an activating group) is 1. The Hall–Kier alpha value is -1.85. The van der Waals surface area contributed by atoms with Gasteiger partial charge in [0.25, 0.3) is 5.91 Å². The summed E-state index contributed by atoms with van der Waals surface area (Å²) in [6.07, 6.45) is 2.64. The molecule has 0 aliphatic heterocycles. The number of primary amides is 1. The fourth-order valence-electron chi connectivity index (χ4n) is 3.53. The van der Waals surface area contributed by atoms with Crippen LogP contribution in [0.15, 0.2) is 30.3 Å². The lowest BCUT2D eigenvalue weighted by Gasteiger charge is -2.43. The minimum absolute atomic E-state index is 0.0551. The SMILES string of the molecule is CN(C)C1(c2ccccc2)CCc2c(sc(N)c2C(N)=O)C1. The van der Waals surface area contributed by atoms with Crippen LogP contribution in [0.5, 0.6) is 0 Å². The van der Waals surface area contributed by atoms with E-state index in [0.29, 0.717) is 10.6 Å². The Balaban J connectivity index is 2.08. The second kappa shape index (κ2) is 5.41. The van der Waals surface area contributed by atoms with Crippen molar-refractivity contribution in [2.24, 2.45) is 5.73 Å². The van der Waals surface area contributed by atoms with Gasteiger partial charge in [0.15, 0.2) is 0 Å². The number of fused-ring (bicyclic) bond motifs is 1. The molecule has 116 valence electrons. The molecule has 2 aromatic rings. The topological polar surface area (TPSA) is 72.3 Å². The lowest BCUT2D eigenvalue weighted by atomic mass is 9.75. The van der Waals surface area contributed by atoms with E-state index in [1.165, 1.54) is 21.8 Å². The maximum Gasteiger partial charge on any atom is 0.251 e. The Bertz CT molecular complexity index is 708. The first kappa shape index (κ1) is 15.1. The van der Waals surface area contributed by atoms with Crippen molar-refractivity contribution in [3.8, 4) is 0 Å². The van der Waals surface area contributed by atoms with Crippen molar-refractivity contribution in [3.05, 3.63) is 51.9 Å². The molecule has 22 heavy (non-hydrogen) atoms. The molecule has 1 amide bonds. The highest BCUT2D eigenvalue weighted by molar-refractivity contribution is 7.16. The summed E-state index contributed by atoms with van der Waals surface area (Å²) >= 11 is 1.51. The molecule has 0 radical (unpaired) electrons. The van der Waals surface area contributed by atoms with Gasteiger partial charge < -0.3 is 11.5 Å². The monoisotopic (exact) mass is 315 g/mol. The number of carbonyl (C=O) groups is 1. The van der Waals surface area contributed by atoms with Gasteiger partial charge in [-0.15, -0.1) is 11.3 Å². The standard InChI is InChI=1S/C17H21N3OS/c1-20(2)17(11-6-4-3-5-7-11)9-8-12-13(10-17)22-16(19)14(12)15(18)21/h3-7H,8-10,19H2,1-2H3,(H2,18,21). The van der Waals surface area contributed by atoms with Crippen molar-refractivity contribution in [1.29, 1.82) is 0 Å². The van der Waals surface area contributed by atoms with Crippen LogP contribution in [-0.2, 0) is 18.4 Å². The summed E-state index contributed by atoms with van der Waals surface area (Å²) < 4.78 is 0. The van der Waals surface area contributed by atoms with Crippen molar-refractivity contribution in [2.45, 2.75) is 24.8 Å². The highest BCUT2D eigenvalue weighted by atomic mass is 32.1. The van der Waals surface area contributed by atoms with Gasteiger partial charge in [0, 0.05) is 11.3 Å². The zero-order chi connectivity index (χ0) is 15.9. The molecule has 0 spiro atoms. The van der Waals surface area contributed by atoms with Crippen LogP contribution in [0, 0.1) is 0 Å². The highest BCUT2D eigenvalue weighted by Crippen LogP contribution is 2.45. The van der Waals surface area contributed by atoms with E-state index in [0.717, 1.165) is 24.8 Å². The van der Waals surface area contributed by atoms with E-state index in [9.17, 15) is 4.79 Å². The summed E-state index contributed by atoms with van der Waals surface area (Å²) in [5.74, 6) is -0.410. The van der Waals surface area contributed by atoms with Crippen LogP contribution in [-0.4, -0.2) is 24.9 Å². The maximum atomic E-state index is 11.7. The van der Waals surface area contributed by atoms with E-state index >= 15 is 0 Å². The molecule has 1 heterocycles. The third kappa shape index (κ3) is 2.21. The van der Waals surface area contributed by atoms with Crippen molar-refractivity contribution >= 4 is 22.2 Å². The molecule has 4 nitrogen and oxygen atoms in total. The van der Waals surface area contributed by atoms with E-state index < -0.39 is 5.91 Å². The van der Waals surface area contributed by atoms with Crippen molar-refractivity contribution < 1.29 is 4.79 Å². The smallest absolute Gasteiger partial charge is 0.251 e. The molecule has 0 bridgehead atoms. The quantitative estimate of drug-likeness (QED) is 0.913. The first-order chi connectivity index (χ1) is 10.5. The molecule has 1 atom stereocenters. The van der Waals surface area contributed by atoms with Gasteiger partial charge in [-0.3, -0.25) is 9.69 Å². The zero-order valence-electron chi connectivity index (χ0n) is 12.9. The van der Waals surface area contributed by atoms with Gasteiger partial charge in [0.05, 0.1) is 16.1 Å². The minimum atomic E-state index is -0.410. The minimum Gasteiger partial charge on any atom is -0.390 e. The number of nitrogen functional groups attached to an aromatic ring is 1. The lowest BCUT2D eigenvalue weighted by Crippen LogP contribution is -2.45. The molecular formula is C17H21N3OS. The Kier molecular flexibility index (Phi) is 3.70. The highest BCUT2D eigenvalue weighted by Gasteiger charge is 2.40. The van der Waals surface area contributed by atoms with Crippen molar-refractivity contribution in [1.82, 2.24) is 4.90 Å². The van der Waals surface area contributed by atoms with Crippen LogP contribution in [0.25, 0.3) is 0 Å². The van der Waals surface area contributed by atoms with Crippen LogP contribution in [0.2, 0.25) is 0 Å². The van der Waals surface area contributed by atoms with E-state index in [4.69, 9.17) is 11.5 Å². The average molecular weight is 315 g/mol.